The molecule has 0 radical (unpaired) electrons. The molecule has 37 heavy (non-hydrogen) atoms. The molecule has 7 heteroatoms. The van der Waals surface area contributed by atoms with Gasteiger partial charge in [0.15, 0.2) is 11.5 Å². The highest BCUT2D eigenvalue weighted by Gasteiger charge is 2.15. The average molecular weight is 509 g/mol. The number of fused-ring (bicyclic) bond motifs is 3. The van der Waals surface area contributed by atoms with Crippen molar-refractivity contribution in [2.45, 2.75) is 19.8 Å². The molecule has 0 aliphatic carbocycles. The third-order valence-corrected chi connectivity index (χ3v) is 6.90. The summed E-state index contributed by atoms with van der Waals surface area (Å²) in [6, 6.07) is 21.3. The van der Waals surface area contributed by atoms with E-state index in [-0.39, 0.29) is 0 Å². The molecular formula is C30H24N2O4S. The molecular weight excluding hydrogens is 484 g/mol. The molecule has 3 aromatic carbocycles. The number of nitriles is 1. The normalized spacial score (nSPS) is 11.5. The van der Waals surface area contributed by atoms with Crippen LogP contribution in [0.25, 0.3) is 44.6 Å². The number of hydrogen-bond donors (Lipinski definition) is 0. The Bertz CT molecular complexity index is 1730. The van der Waals surface area contributed by atoms with E-state index in [9.17, 15) is 10.1 Å². The maximum atomic E-state index is 12.8. The Morgan fingerprint density at radius 3 is 2.78 bits per heavy atom. The average Bonchev–Trinajstić information content (AvgIpc) is 3.41. The largest absolute Gasteiger partial charge is 0.493 e. The van der Waals surface area contributed by atoms with Gasteiger partial charge in [-0.3, -0.25) is 0 Å². The summed E-state index contributed by atoms with van der Waals surface area (Å²) in [6.45, 7) is 2.72. The van der Waals surface area contributed by atoms with Gasteiger partial charge >= 0.3 is 5.63 Å². The molecule has 0 N–H and O–H groups in total. The van der Waals surface area contributed by atoms with E-state index in [0.29, 0.717) is 45.5 Å². The molecule has 2 aromatic heterocycles. The number of ether oxygens (including phenoxy) is 2. The van der Waals surface area contributed by atoms with Crippen LogP contribution < -0.4 is 15.1 Å². The van der Waals surface area contributed by atoms with E-state index in [1.54, 1.807) is 24.6 Å². The number of thiazole rings is 1. The molecule has 0 spiro atoms. The Morgan fingerprint density at radius 1 is 1.11 bits per heavy atom. The molecule has 0 amide bonds. The standard InChI is InChI=1S/C30H24N2O4S/c1-3-4-13-35-27-11-9-19(15-28(27)34-2)14-21(17-31)29-32-25(18-37-29)24-16-23-22-8-6-5-7-20(22)10-12-26(23)36-30(24)33/h5-12,14-16,18H,3-4,13H2,1-2H3. The van der Waals surface area contributed by atoms with Crippen LogP contribution in [0.1, 0.15) is 30.3 Å². The first-order valence-electron chi connectivity index (χ1n) is 12.0. The highest BCUT2D eigenvalue weighted by atomic mass is 32.1. The summed E-state index contributed by atoms with van der Waals surface area (Å²) in [6.07, 6.45) is 3.75. The van der Waals surface area contributed by atoms with Crippen molar-refractivity contribution in [2.75, 3.05) is 13.7 Å². The fourth-order valence-electron chi connectivity index (χ4n) is 4.10. The number of methoxy groups -OCH3 is 1. The SMILES string of the molecule is CCCCOc1ccc(C=C(C#N)c2nc(-c3cc4c(ccc5ccccc54)oc3=O)cs2)cc1OC. The second-order valence-corrected chi connectivity index (χ2v) is 9.32. The van der Waals surface area contributed by atoms with Crippen molar-refractivity contribution in [2.24, 2.45) is 0 Å². The number of allylic oxidation sites excluding steroid dienone is 1. The van der Waals surface area contributed by atoms with Gasteiger partial charge in [0.2, 0.25) is 0 Å². The molecule has 0 bridgehead atoms. The number of nitrogens with zero attached hydrogens (tertiary/aromatic N) is 2. The van der Waals surface area contributed by atoms with E-state index in [1.807, 2.05) is 54.6 Å². The number of aromatic nitrogens is 1. The number of hydrogen-bond acceptors (Lipinski definition) is 7. The Labute approximate surface area is 218 Å². The summed E-state index contributed by atoms with van der Waals surface area (Å²) >= 11 is 1.30. The first kappa shape index (κ1) is 24.3. The number of benzene rings is 3. The van der Waals surface area contributed by atoms with Crippen molar-refractivity contribution in [3.63, 3.8) is 0 Å². The van der Waals surface area contributed by atoms with E-state index in [0.717, 1.165) is 34.6 Å². The second kappa shape index (κ2) is 10.7. The predicted molar refractivity (Wildman–Crippen MR) is 148 cm³/mol. The molecule has 0 saturated heterocycles. The highest BCUT2D eigenvalue weighted by Crippen LogP contribution is 2.32. The maximum absolute atomic E-state index is 12.8. The zero-order valence-corrected chi connectivity index (χ0v) is 21.3. The van der Waals surface area contributed by atoms with Gasteiger partial charge in [-0.25, -0.2) is 9.78 Å². The highest BCUT2D eigenvalue weighted by molar-refractivity contribution is 7.11. The lowest BCUT2D eigenvalue weighted by Gasteiger charge is -2.11. The summed E-state index contributed by atoms with van der Waals surface area (Å²) in [5, 5.41) is 15.0. The van der Waals surface area contributed by atoms with Crippen LogP contribution in [-0.4, -0.2) is 18.7 Å². The van der Waals surface area contributed by atoms with Crippen LogP contribution in [0.3, 0.4) is 0 Å². The topological polar surface area (TPSA) is 85.4 Å². The molecule has 184 valence electrons. The molecule has 5 rings (SSSR count). The zero-order chi connectivity index (χ0) is 25.8. The first-order chi connectivity index (χ1) is 18.1. The third kappa shape index (κ3) is 4.97. The Morgan fingerprint density at radius 2 is 1.97 bits per heavy atom. The molecule has 2 heterocycles. The van der Waals surface area contributed by atoms with Gasteiger partial charge in [0.1, 0.15) is 16.7 Å². The van der Waals surface area contributed by atoms with Crippen molar-refractivity contribution in [1.82, 2.24) is 4.98 Å². The minimum atomic E-state index is -0.467. The summed E-state index contributed by atoms with van der Waals surface area (Å²) < 4.78 is 16.9. The molecule has 5 aromatic rings. The third-order valence-electron chi connectivity index (χ3n) is 6.03. The molecule has 0 aliphatic heterocycles. The number of unbranched alkanes of at least 4 members (excludes halogenated alkanes) is 1. The van der Waals surface area contributed by atoms with Crippen LogP contribution in [0.5, 0.6) is 11.5 Å². The minimum absolute atomic E-state index is 0.360. The molecule has 6 nitrogen and oxygen atoms in total. The van der Waals surface area contributed by atoms with Crippen molar-refractivity contribution >= 4 is 44.7 Å². The Hall–Kier alpha value is -4.41. The van der Waals surface area contributed by atoms with E-state index in [2.05, 4.69) is 18.0 Å². The summed E-state index contributed by atoms with van der Waals surface area (Å²) in [5.41, 5.74) is 2.06. The monoisotopic (exact) mass is 508 g/mol. The van der Waals surface area contributed by atoms with Crippen LogP contribution in [0, 0.1) is 11.3 Å². The lowest BCUT2D eigenvalue weighted by atomic mass is 10.0. The van der Waals surface area contributed by atoms with Crippen LogP contribution >= 0.6 is 11.3 Å². The Balaban J connectivity index is 1.49. The van der Waals surface area contributed by atoms with Crippen molar-refractivity contribution < 1.29 is 13.9 Å². The fourth-order valence-corrected chi connectivity index (χ4v) is 4.88. The van der Waals surface area contributed by atoms with Gasteiger partial charge in [0.25, 0.3) is 0 Å². The van der Waals surface area contributed by atoms with E-state index in [1.165, 1.54) is 11.3 Å². The van der Waals surface area contributed by atoms with Gasteiger partial charge in [0, 0.05) is 10.8 Å². The smallest absolute Gasteiger partial charge is 0.345 e. The fraction of sp³-hybridized carbons (Fsp3) is 0.167. The molecule has 0 saturated carbocycles. The van der Waals surface area contributed by atoms with Gasteiger partial charge in [-0.05, 0) is 53.1 Å². The molecule has 0 aliphatic rings. The molecule has 0 atom stereocenters. The summed E-state index contributed by atoms with van der Waals surface area (Å²) in [5.74, 6) is 1.27. The lowest BCUT2D eigenvalue weighted by molar-refractivity contribution is 0.288. The lowest BCUT2D eigenvalue weighted by Crippen LogP contribution is -2.03. The van der Waals surface area contributed by atoms with Crippen molar-refractivity contribution in [3.05, 3.63) is 87.0 Å². The van der Waals surface area contributed by atoms with Crippen molar-refractivity contribution in [3.8, 4) is 28.8 Å². The first-order valence-corrected chi connectivity index (χ1v) is 12.8. The van der Waals surface area contributed by atoms with Crippen LogP contribution in [0.15, 0.2) is 75.3 Å². The second-order valence-electron chi connectivity index (χ2n) is 8.47. The number of rotatable bonds is 8. The van der Waals surface area contributed by atoms with Gasteiger partial charge < -0.3 is 13.9 Å². The molecule has 0 unspecified atom stereocenters. The van der Waals surface area contributed by atoms with Crippen LogP contribution in [0.2, 0.25) is 0 Å². The predicted octanol–water partition coefficient (Wildman–Crippen LogP) is 7.32. The van der Waals surface area contributed by atoms with Gasteiger partial charge in [-0.1, -0.05) is 49.7 Å². The maximum Gasteiger partial charge on any atom is 0.345 e. The van der Waals surface area contributed by atoms with E-state index < -0.39 is 5.63 Å². The van der Waals surface area contributed by atoms with Gasteiger partial charge in [0.05, 0.1) is 30.5 Å². The van der Waals surface area contributed by atoms with E-state index in [4.69, 9.17) is 13.9 Å². The van der Waals surface area contributed by atoms with Gasteiger partial charge in [-0.2, -0.15) is 5.26 Å². The minimum Gasteiger partial charge on any atom is -0.493 e. The van der Waals surface area contributed by atoms with Crippen LogP contribution in [0.4, 0.5) is 0 Å². The zero-order valence-electron chi connectivity index (χ0n) is 20.5. The summed E-state index contributed by atoms with van der Waals surface area (Å²) in [4.78, 5) is 17.4. The van der Waals surface area contributed by atoms with Crippen LogP contribution in [-0.2, 0) is 0 Å². The van der Waals surface area contributed by atoms with Gasteiger partial charge in [-0.15, -0.1) is 11.3 Å². The summed E-state index contributed by atoms with van der Waals surface area (Å²) in [7, 11) is 1.59. The van der Waals surface area contributed by atoms with Crippen molar-refractivity contribution in [1.29, 1.82) is 5.26 Å². The molecule has 0 fully saturated rings. The van der Waals surface area contributed by atoms with E-state index >= 15 is 0 Å². The quantitative estimate of drug-likeness (QED) is 0.0945. The Kier molecular flexibility index (Phi) is 7.02.